The quantitative estimate of drug-likeness (QED) is 0.776. The third-order valence-electron chi connectivity index (χ3n) is 5.22. The maximum atomic E-state index is 6.43. The Labute approximate surface area is 153 Å². The number of ether oxygens (including phenoxy) is 3. The molecule has 0 bridgehead atoms. The molecule has 0 aromatic heterocycles. The predicted octanol–water partition coefficient (Wildman–Crippen LogP) is 4.12. The number of rotatable bonds is 1. The van der Waals surface area contributed by atoms with Crippen LogP contribution < -0.4 is 14.4 Å². The van der Waals surface area contributed by atoms with Crippen LogP contribution in [-0.4, -0.2) is 32.1 Å². The van der Waals surface area contributed by atoms with E-state index in [9.17, 15) is 0 Å². The Morgan fingerprint density at radius 3 is 2.62 bits per heavy atom. The van der Waals surface area contributed by atoms with Crippen LogP contribution in [0.25, 0.3) is 12.2 Å². The number of para-hydroxylation sites is 1. The van der Waals surface area contributed by atoms with Gasteiger partial charge in [-0.15, -0.1) is 0 Å². The Balaban J connectivity index is 1.50. The molecular formula is C22H21NO3. The molecule has 0 saturated carbocycles. The van der Waals surface area contributed by atoms with Crippen molar-refractivity contribution < 1.29 is 14.2 Å². The Kier molecular flexibility index (Phi) is 3.54. The molecule has 2 aromatic carbocycles. The van der Waals surface area contributed by atoms with Crippen LogP contribution in [0.3, 0.4) is 0 Å². The van der Waals surface area contributed by atoms with Gasteiger partial charge in [-0.3, -0.25) is 0 Å². The van der Waals surface area contributed by atoms with Crippen LogP contribution in [0.5, 0.6) is 11.5 Å². The molecule has 0 radical (unpaired) electrons. The van der Waals surface area contributed by atoms with E-state index in [1.807, 2.05) is 24.3 Å². The van der Waals surface area contributed by atoms with Crippen molar-refractivity contribution in [3.05, 3.63) is 65.2 Å². The topological polar surface area (TPSA) is 30.9 Å². The monoisotopic (exact) mass is 347 g/mol. The van der Waals surface area contributed by atoms with Crippen LogP contribution in [0.1, 0.15) is 18.1 Å². The lowest BCUT2D eigenvalue weighted by atomic mass is 9.96. The highest BCUT2D eigenvalue weighted by molar-refractivity contribution is 5.70. The van der Waals surface area contributed by atoms with Gasteiger partial charge in [-0.25, -0.2) is 0 Å². The second-order valence-electron chi connectivity index (χ2n) is 6.89. The van der Waals surface area contributed by atoms with Gasteiger partial charge in [0, 0.05) is 47.6 Å². The molecular weight excluding hydrogens is 326 g/mol. The van der Waals surface area contributed by atoms with E-state index in [4.69, 9.17) is 14.2 Å². The minimum absolute atomic E-state index is 0.767. The molecule has 0 aliphatic carbocycles. The first-order valence-corrected chi connectivity index (χ1v) is 9.05. The molecule has 3 aliphatic rings. The van der Waals surface area contributed by atoms with E-state index in [0.717, 1.165) is 60.2 Å². The standard InChI is InChI=1S/C22H21NO3/c1-16-14-18-4-2-3-5-20(18)25-22(16)9-8-17-6-7-19(15-21(17)26-22)23-10-12-24-13-11-23/h2-9,14-15H,10-13H2,1H3. The summed E-state index contributed by atoms with van der Waals surface area (Å²) in [7, 11) is 0. The highest BCUT2D eigenvalue weighted by Gasteiger charge is 2.40. The van der Waals surface area contributed by atoms with Crippen molar-refractivity contribution in [2.45, 2.75) is 12.7 Å². The first kappa shape index (κ1) is 15.5. The zero-order valence-electron chi connectivity index (χ0n) is 14.8. The van der Waals surface area contributed by atoms with Crippen LogP contribution in [0.15, 0.2) is 54.1 Å². The number of fused-ring (bicyclic) bond motifs is 2. The van der Waals surface area contributed by atoms with Crippen LogP contribution in [0, 0.1) is 0 Å². The molecule has 2 aromatic rings. The van der Waals surface area contributed by atoms with Gasteiger partial charge in [0.2, 0.25) is 0 Å². The lowest BCUT2D eigenvalue weighted by Crippen LogP contribution is -2.44. The van der Waals surface area contributed by atoms with Crippen molar-refractivity contribution in [3.8, 4) is 11.5 Å². The van der Waals surface area contributed by atoms with E-state index < -0.39 is 5.79 Å². The smallest absolute Gasteiger partial charge is 0.294 e. The largest absolute Gasteiger partial charge is 0.444 e. The number of nitrogens with zero attached hydrogens (tertiary/aromatic N) is 1. The van der Waals surface area contributed by atoms with E-state index in [1.165, 1.54) is 0 Å². The van der Waals surface area contributed by atoms with Gasteiger partial charge in [-0.1, -0.05) is 18.2 Å². The van der Waals surface area contributed by atoms with Crippen molar-refractivity contribution in [1.29, 1.82) is 0 Å². The predicted molar refractivity (Wildman–Crippen MR) is 103 cm³/mol. The van der Waals surface area contributed by atoms with Gasteiger partial charge in [0.25, 0.3) is 5.79 Å². The molecule has 3 aliphatic heterocycles. The molecule has 1 saturated heterocycles. The highest BCUT2D eigenvalue weighted by atomic mass is 16.7. The van der Waals surface area contributed by atoms with Crippen molar-refractivity contribution in [2.75, 3.05) is 31.2 Å². The fraction of sp³-hybridized carbons (Fsp3) is 0.273. The number of morpholine rings is 1. The maximum absolute atomic E-state index is 6.43. The summed E-state index contributed by atoms with van der Waals surface area (Å²) in [5.41, 5.74) is 4.36. The highest BCUT2D eigenvalue weighted by Crippen LogP contribution is 2.42. The van der Waals surface area contributed by atoms with Crippen molar-refractivity contribution in [1.82, 2.24) is 0 Å². The molecule has 3 heterocycles. The zero-order chi connectivity index (χ0) is 17.6. The molecule has 5 rings (SSSR count). The molecule has 1 atom stereocenters. The van der Waals surface area contributed by atoms with Crippen LogP contribution in [-0.2, 0) is 4.74 Å². The molecule has 4 heteroatoms. The minimum Gasteiger partial charge on any atom is -0.444 e. The summed E-state index contributed by atoms with van der Waals surface area (Å²) in [6.07, 6.45) is 6.23. The van der Waals surface area contributed by atoms with Crippen LogP contribution in [0.4, 0.5) is 5.69 Å². The maximum Gasteiger partial charge on any atom is 0.294 e. The van der Waals surface area contributed by atoms with E-state index in [1.54, 1.807) is 0 Å². The fourth-order valence-corrected chi connectivity index (χ4v) is 3.70. The van der Waals surface area contributed by atoms with Gasteiger partial charge >= 0.3 is 0 Å². The first-order chi connectivity index (χ1) is 12.7. The lowest BCUT2D eigenvalue weighted by Gasteiger charge is -2.39. The lowest BCUT2D eigenvalue weighted by molar-refractivity contribution is -0.0411. The minimum atomic E-state index is -0.870. The van der Waals surface area contributed by atoms with Gasteiger partial charge < -0.3 is 19.1 Å². The molecule has 0 amide bonds. The Morgan fingerprint density at radius 1 is 0.923 bits per heavy atom. The Hall–Kier alpha value is -2.72. The van der Waals surface area contributed by atoms with Crippen molar-refractivity contribution in [3.63, 3.8) is 0 Å². The molecule has 0 N–H and O–H groups in total. The number of anilines is 1. The van der Waals surface area contributed by atoms with E-state index in [-0.39, 0.29) is 0 Å². The average molecular weight is 347 g/mol. The number of hydrogen-bond acceptors (Lipinski definition) is 4. The van der Waals surface area contributed by atoms with Gasteiger partial charge in [0.15, 0.2) is 0 Å². The fourth-order valence-electron chi connectivity index (χ4n) is 3.70. The molecule has 132 valence electrons. The summed E-state index contributed by atoms with van der Waals surface area (Å²) in [5.74, 6) is 0.824. The second-order valence-corrected chi connectivity index (χ2v) is 6.89. The van der Waals surface area contributed by atoms with Gasteiger partial charge in [0.1, 0.15) is 11.5 Å². The molecule has 1 fully saturated rings. The summed E-state index contributed by atoms with van der Waals surface area (Å²) in [6.45, 7) is 5.40. The number of hydrogen-bond donors (Lipinski definition) is 0. The summed E-state index contributed by atoms with van der Waals surface area (Å²) < 4.78 is 18.2. The van der Waals surface area contributed by atoms with Crippen LogP contribution in [0.2, 0.25) is 0 Å². The normalized spacial score (nSPS) is 23.6. The zero-order valence-corrected chi connectivity index (χ0v) is 14.8. The molecule has 1 spiro atoms. The van der Waals surface area contributed by atoms with Gasteiger partial charge in [-0.05, 0) is 37.3 Å². The summed E-state index contributed by atoms with van der Waals surface area (Å²) >= 11 is 0. The summed E-state index contributed by atoms with van der Waals surface area (Å²) in [5, 5.41) is 0. The molecule has 1 unspecified atom stereocenters. The Morgan fingerprint density at radius 2 is 1.73 bits per heavy atom. The van der Waals surface area contributed by atoms with E-state index in [0.29, 0.717) is 0 Å². The third-order valence-corrected chi connectivity index (χ3v) is 5.22. The average Bonchev–Trinajstić information content (AvgIpc) is 2.69. The van der Waals surface area contributed by atoms with E-state index in [2.05, 4.69) is 48.2 Å². The van der Waals surface area contributed by atoms with E-state index >= 15 is 0 Å². The van der Waals surface area contributed by atoms with Gasteiger partial charge in [0.05, 0.1) is 13.2 Å². The van der Waals surface area contributed by atoms with Crippen LogP contribution >= 0.6 is 0 Å². The summed E-state index contributed by atoms with van der Waals surface area (Å²) in [6, 6.07) is 14.4. The first-order valence-electron chi connectivity index (χ1n) is 9.05. The van der Waals surface area contributed by atoms with Crippen molar-refractivity contribution in [2.24, 2.45) is 0 Å². The van der Waals surface area contributed by atoms with Gasteiger partial charge in [-0.2, -0.15) is 0 Å². The SMILES string of the molecule is CC1=Cc2ccccc2OC12C=Cc1ccc(N3CCOCC3)cc1O2. The third kappa shape index (κ3) is 2.49. The molecule has 26 heavy (non-hydrogen) atoms. The molecule has 4 nitrogen and oxygen atoms in total. The second kappa shape index (κ2) is 5.92. The van der Waals surface area contributed by atoms with Crippen molar-refractivity contribution >= 4 is 17.8 Å². The number of benzene rings is 2. The summed E-state index contributed by atoms with van der Waals surface area (Å²) in [4.78, 5) is 2.33. The Bertz CT molecular complexity index is 911.